The minimum Gasteiger partial charge on any atom is -0.488 e. The van der Waals surface area contributed by atoms with Crippen LogP contribution in [0.15, 0.2) is 103 Å². The van der Waals surface area contributed by atoms with Gasteiger partial charge in [0.15, 0.2) is 0 Å². The molecule has 7 heteroatoms. The maximum Gasteiger partial charge on any atom is 0.419 e. The smallest absolute Gasteiger partial charge is 0.419 e. The van der Waals surface area contributed by atoms with Gasteiger partial charge in [0, 0.05) is 6.54 Å². The van der Waals surface area contributed by atoms with Gasteiger partial charge in [0.1, 0.15) is 19.0 Å². The van der Waals surface area contributed by atoms with Crippen molar-refractivity contribution in [3.63, 3.8) is 0 Å². The van der Waals surface area contributed by atoms with Crippen molar-refractivity contribution in [2.24, 2.45) is 0 Å². The fraction of sp³-hybridized carbons (Fsp3) is 0.182. The lowest BCUT2D eigenvalue weighted by molar-refractivity contribution is -0.139. The highest BCUT2D eigenvalue weighted by Crippen LogP contribution is 2.37. The molecule has 204 valence electrons. The molecule has 0 atom stereocenters. The Kier molecular flexibility index (Phi) is 8.31. The van der Waals surface area contributed by atoms with Gasteiger partial charge in [-0.2, -0.15) is 13.2 Å². The van der Waals surface area contributed by atoms with E-state index in [1.165, 1.54) is 18.2 Å². The second-order valence-electron chi connectivity index (χ2n) is 9.44. The van der Waals surface area contributed by atoms with Gasteiger partial charge in [-0.3, -0.25) is 0 Å². The van der Waals surface area contributed by atoms with Gasteiger partial charge in [-0.05, 0) is 76.7 Å². The van der Waals surface area contributed by atoms with Crippen molar-refractivity contribution in [3.05, 3.63) is 131 Å². The molecule has 4 aromatic rings. The molecule has 0 radical (unpaired) electrons. The van der Waals surface area contributed by atoms with E-state index in [1.54, 1.807) is 24.3 Å². The van der Waals surface area contributed by atoms with E-state index in [4.69, 9.17) is 9.47 Å². The van der Waals surface area contributed by atoms with Gasteiger partial charge in [0.2, 0.25) is 0 Å². The van der Waals surface area contributed by atoms with Gasteiger partial charge in [-0.1, -0.05) is 72.8 Å². The molecule has 0 aromatic heterocycles. The Bertz CT molecular complexity index is 1510. The summed E-state index contributed by atoms with van der Waals surface area (Å²) in [5, 5.41) is 3.29. The molecule has 40 heavy (non-hydrogen) atoms. The molecular formula is C33H28F3NO3. The molecule has 0 saturated carbocycles. The molecule has 0 unspecified atom stereocenters. The van der Waals surface area contributed by atoms with Crippen molar-refractivity contribution in [1.82, 2.24) is 5.32 Å². The summed E-state index contributed by atoms with van der Waals surface area (Å²) in [4.78, 5) is 12.5. The Morgan fingerprint density at radius 1 is 0.800 bits per heavy atom. The van der Waals surface area contributed by atoms with Gasteiger partial charge in [-0.25, -0.2) is 4.79 Å². The van der Waals surface area contributed by atoms with E-state index < -0.39 is 17.7 Å². The number of ether oxygens (including phenoxy) is 2. The molecule has 0 aliphatic carbocycles. The Balaban J connectivity index is 1.45. The largest absolute Gasteiger partial charge is 0.488 e. The van der Waals surface area contributed by atoms with Crippen LogP contribution in [0, 0.1) is 0 Å². The summed E-state index contributed by atoms with van der Waals surface area (Å²) in [6, 6.07) is 27.6. The van der Waals surface area contributed by atoms with Crippen LogP contribution < -0.4 is 10.1 Å². The monoisotopic (exact) mass is 543 g/mol. The lowest BCUT2D eigenvalue weighted by atomic mass is 9.91. The van der Waals surface area contributed by atoms with Crippen LogP contribution in [0.25, 0.3) is 16.7 Å². The summed E-state index contributed by atoms with van der Waals surface area (Å²) in [7, 11) is 0. The van der Waals surface area contributed by atoms with E-state index in [-0.39, 0.29) is 19.0 Å². The molecule has 5 rings (SSSR count). The SMILES string of the molecule is O=C(OCc1ccccc1-c1ccc(C2=CCNCC2)c(COc2ccccc2C(F)(F)F)c1)c1ccccc1. The molecule has 1 N–H and O–H groups in total. The molecule has 1 heterocycles. The zero-order valence-corrected chi connectivity index (χ0v) is 21.7. The summed E-state index contributed by atoms with van der Waals surface area (Å²) >= 11 is 0. The van der Waals surface area contributed by atoms with Gasteiger partial charge < -0.3 is 14.8 Å². The summed E-state index contributed by atoms with van der Waals surface area (Å²) in [6.07, 6.45) is -1.62. The van der Waals surface area contributed by atoms with Crippen molar-refractivity contribution >= 4 is 11.5 Å². The highest BCUT2D eigenvalue weighted by Gasteiger charge is 2.34. The molecule has 1 aliphatic heterocycles. The highest BCUT2D eigenvalue weighted by molar-refractivity contribution is 5.89. The lowest BCUT2D eigenvalue weighted by Crippen LogP contribution is -2.20. The Hall–Kier alpha value is -4.36. The summed E-state index contributed by atoms with van der Waals surface area (Å²) < 4.78 is 52.1. The third kappa shape index (κ3) is 6.43. The van der Waals surface area contributed by atoms with E-state index in [0.29, 0.717) is 5.56 Å². The first-order chi connectivity index (χ1) is 19.4. The number of alkyl halides is 3. The maximum atomic E-state index is 13.6. The van der Waals surface area contributed by atoms with Crippen LogP contribution >= 0.6 is 0 Å². The zero-order valence-electron chi connectivity index (χ0n) is 21.7. The topological polar surface area (TPSA) is 47.6 Å². The quantitative estimate of drug-likeness (QED) is 0.232. The summed E-state index contributed by atoms with van der Waals surface area (Å²) in [5.74, 6) is -0.625. The molecular weight excluding hydrogens is 515 g/mol. The molecule has 0 saturated heterocycles. The van der Waals surface area contributed by atoms with Crippen LogP contribution in [0.5, 0.6) is 5.75 Å². The average molecular weight is 544 g/mol. The Labute approximate surface area is 231 Å². The number of hydrogen-bond acceptors (Lipinski definition) is 4. The van der Waals surface area contributed by atoms with Crippen molar-refractivity contribution in [2.75, 3.05) is 13.1 Å². The van der Waals surface area contributed by atoms with E-state index >= 15 is 0 Å². The van der Waals surface area contributed by atoms with Crippen molar-refractivity contribution in [3.8, 4) is 16.9 Å². The Morgan fingerprint density at radius 3 is 2.33 bits per heavy atom. The van der Waals surface area contributed by atoms with Gasteiger partial charge in [0.05, 0.1) is 11.1 Å². The fourth-order valence-electron chi connectivity index (χ4n) is 4.77. The standard InChI is InChI=1S/C33H28F3NO3/c34-33(35,36)30-12-6-7-13-31(30)39-22-27-20-25(14-15-29(27)23-16-18-37-19-17-23)28-11-5-4-10-26(28)21-40-32(38)24-8-2-1-3-9-24/h1-16,20,37H,17-19,21-22H2. The second-order valence-corrected chi connectivity index (χ2v) is 9.44. The zero-order chi connectivity index (χ0) is 28.0. The minimum absolute atomic E-state index is 0.0355. The number of benzene rings is 4. The van der Waals surface area contributed by atoms with Crippen LogP contribution in [0.4, 0.5) is 13.2 Å². The first kappa shape index (κ1) is 27.2. The normalized spacial score (nSPS) is 13.4. The maximum absolute atomic E-state index is 13.6. The van der Waals surface area contributed by atoms with Gasteiger partial charge in [0.25, 0.3) is 0 Å². The van der Waals surface area contributed by atoms with Crippen LogP contribution in [-0.4, -0.2) is 19.1 Å². The molecule has 1 aliphatic rings. The van der Waals surface area contributed by atoms with Crippen LogP contribution in [-0.2, 0) is 24.1 Å². The number of halogens is 3. The minimum atomic E-state index is -4.52. The predicted octanol–water partition coefficient (Wildman–Crippen LogP) is 7.69. The number of carbonyl (C=O) groups excluding carboxylic acids is 1. The lowest BCUT2D eigenvalue weighted by Gasteiger charge is -2.20. The first-order valence-corrected chi connectivity index (χ1v) is 13.0. The molecule has 0 spiro atoms. The number of hydrogen-bond donors (Lipinski definition) is 1. The van der Waals surface area contributed by atoms with Crippen LogP contribution in [0.3, 0.4) is 0 Å². The number of nitrogens with one attached hydrogen (secondary N) is 1. The number of carbonyl (C=O) groups is 1. The number of rotatable bonds is 8. The third-order valence-electron chi connectivity index (χ3n) is 6.79. The van der Waals surface area contributed by atoms with E-state index in [1.807, 2.05) is 48.5 Å². The molecule has 0 bridgehead atoms. The van der Waals surface area contributed by atoms with Crippen LogP contribution in [0.1, 0.15) is 39.0 Å². The highest BCUT2D eigenvalue weighted by atomic mass is 19.4. The fourth-order valence-corrected chi connectivity index (χ4v) is 4.77. The van der Waals surface area contributed by atoms with Crippen molar-refractivity contribution in [1.29, 1.82) is 0 Å². The molecule has 0 fully saturated rings. The van der Waals surface area contributed by atoms with E-state index in [9.17, 15) is 18.0 Å². The van der Waals surface area contributed by atoms with Crippen molar-refractivity contribution in [2.45, 2.75) is 25.8 Å². The average Bonchev–Trinajstić information content (AvgIpc) is 2.99. The van der Waals surface area contributed by atoms with Gasteiger partial charge >= 0.3 is 12.1 Å². The predicted molar refractivity (Wildman–Crippen MR) is 149 cm³/mol. The Morgan fingerprint density at radius 2 is 1.55 bits per heavy atom. The van der Waals surface area contributed by atoms with E-state index in [0.717, 1.165) is 59.0 Å². The third-order valence-corrected chi connectivity index (χ3v) is 6.79. The van der Waals surface area contributed by atoms with E-state index in [2.05, 4.69) is 11.4 Å². The second kappa shape index (κ2) is 12.2. The number of para-hydroxylation sites is 1. The van der Waals surface area contributed by atoms with Crippen LogP contribution in [0.2, 0.25) is 0 Å². The molecule has 0 amide bonds. The number of esters is 1. The van der Waals surface area contributed by atoms with Gasteiger partial charge in [-0.15, -0.1) is 0 Å². The first-order valence-electron chi connectivity index (χ1n) is 13.0. The molecule has 4 nitrogen and oxygen atoms in total. The van der Waals surface area contributed by atoms with Crippen molar-refractivity contribution < 1.29 is 27.4 Å². The summed E-state index contributed by atoms with van der Waals surface area (Å²) in [6.45, 7) is 1.59. The molecule has 4 aromatic carbocycles. The summed E-state index contributed by atoms with van der Waals surface area (Å²) in [5.41, 5.74) is 5.05.